The maximum Gasteiger partial charge on any atom is 0.259 e. The topological polar surface area (TPSA) is 85.3 Å². The molecule has 0 unspecified atom stereocenters. The normalized spacial score (nSPS) is 18.2. The molecule has 2 atom stereocenters. The van der Waals surface area contributed by atoms with Gasteiger partial charge in [0.1, 0.15) is 12.0 Å². The maximum atomic E-state index is 14.5. The Morgan fingerprint density at radius 3 is 2.97 bits per heavy atom. The van der Waals surface area contributed by atoms with Crippen molar-refractivity contribution in [2.45, 2.75) is 25.4 Å². The summed E-state index contributed by atoms with van der Waals surface area (Å²) >= 11 is 0. The minimum absolute atomic E-state index is 0.143. The summed E-state index contributed by atoms with van der Waals surface area (Å²) in [6.45, 7) is 1.56. The number of pyridine rings is 1. The summed E-state index contributed by atoms with van der Waals surface area (Å²) in [5.74, 6) is -0.993. The molecule has 1 saturated carbocycles. The number of hydrogen-bond donors (Lipinski definition) is 1. The van der Waals surface area contributed by atoms with Crippen molar-refractivity contribution in [3.63, 3.8) is 0 Å². The number of carbonyl (C=O) groups excluding carboxylic acids is 1. The molecule has 0 bridgehead atoms. The Kier molecular flexibility index (Phi) is 3.90. The number of rotatable bonds is 4. The lowest BCUT2D eigenvalue weighted by Crippen LogP contribution is -2.13. The van der Waals surface area contributed by atoms with Crippen molar-refractivity contribution in [1.82, 2.24) is 19.8 Å². The van der Waals surface area contributed by atoms with Gasteiger partial charge in [-0.05, 0) is 37.6 Å². The molecule has 5 rings (SSSR count). The second kappa shape index (κ2) is 6.47. The summed E-state index contributed by atoms with van der Waals surface area (Å²) in [7, 11) is 0. The van der Waals surface area contributed by atoms with Gasteiger partial charge in [0.25, 0.3) is 5.91 Å². The van der Waals surface area contributed by atoms with E-state index in [2.05, 4.69) is 20.6 Å². The predicted octanol–water partition coefficient (Wildman–Crippen LogP) is 3.91. The van der Waals surface area contributed by atoms with Crippen LogP contribution in [0.2, 0.25) is 0 Å². The van der Waals surface area contributed by atoms with Crippen molar-refractivity contribution in [1.29, 1.82) is 0 Å². The molecule has 3 aromatic heterocycles. The molecule has 1 fully saturated rings. The molecule has 29 heavy (non-hydrogen) atoms. The largest absolute Gasteiger partial charge is 0.339 e. The first-order valence-electron chi connectivity index (χ1n) is 9.03. The van der Waals surface area contributed by atoms with Crippen molar-refractivity contribution < 1.29 is 18.1 Å². The molecule has 7 nitrogen and oxygen atoms in total. The van der Waals surface area contributed by atoms with E-state index in [1.807, 2.05) is 0 Å². The van der Waals surface area contributed by atoms with Gasteiger partial charge in [0.2, 0.25) is 11.7 Å². The van der Waals surface area contributed by atoms with Crippen LogP contribution in [0.1, 0.15) is 34.2 Å². The van der Waals surface area contributed by atoms with E-state index in [9.17, 15) is 13.6 Å². The Bertz CT molecular complexity index is 1250. The monoisotopic (exact) mass is 395 g/mol. The first-order valence-corrected chi connectivity index (χ1v) is 9.03. The van der Waals surface area contributed by atoms with E-state index < -0.39 is 17.9 Å². The predicted molar refractivity (Wildman–Crippen MR) is 99.8 cm³/mol. The van der Waals surface area contributed by atoms with Crippen LogP contribution in [0.3, 0.4) is 0 Å². The molecule has 0 aliphatic heterocycles. The summed E-state index contributed by atoms with van der Waals surface area (Å²) in [5, 5.41) is 10.7. The summed E-state index contributed by atoms with van der Waals surface area (Å²) in [5.41, 5.74) is 1.87. The van der Waals surface area contributed by atoms with Gasteiger partial charge in [-0.2, -0.15) is 10.1 Å². The maximum absolute atomic E-state index is 14.5. The van der Waals surface area contributed by atoms with Crippen LogP contribution >= 0.6 is 0 Å². The molecular formula is C20H15F2N5O2. The number of nitrogens with one attached hydrogen (secondary N) is 1. The molecule has 0 saturated heterocycles. The van der Waals surface area contributed by atoms with Gasteiger partial charge in [0.05, 0.1) is 23.2 Å². The van der Waals surface area contributed by atoms with Crippen LogP contribution in [-0.2, 0) is 0 Å². The number of hydrogen-bond acceptors (Lipinski definition) is 5. The highest BCUT2D eigenvalue weighted by Crippen LogP contribution is 2.43. The zero-order valence-corrected chi connectivity index (χ0v) is 15.3. The van der Waals surface area contributed by atoms with Gasteiger partial charge in [-0.15, -0.1) is 0 Å². The number of aromatic nitrogens is 4. The number of benzene rings is 1. The first kappa shape index (κ1) is 17.5. The van der Waals surface area contributed by atoms with Gasteiger partial charge in [-0.1, -0.05) is 11.2 Å². The first-order chi connectivity index (χ1) is 14.0. The summed E-state index contributed by atoms with van der Waals surface area (Å²) in [6.07, 6.45) is 2.56. The van der Waals surface area contributed by atoms with E-state index in [1.165, 1.54) is 12.3 Å². The van der Waals surface area contributed by atoms with E-state index in [-0.39, 0.29) is 28.9 Å². The van der Waals surface area contributed by atoms with Crippen LogP contribution in [0.25, 0.3) is 16.9 Å². The van der Waals surface area contributed by atoms with E-state index in [4.69, 9.17) is 4.52 Å². The molecule has 0 spiro atoms. The molecule has 0 radical (unpaired) electrons. The van der Waals surface area contributed by atoms with Crippen LogP contribution < -0.4 is 5.32 Å². The number of fused-ring (bicyclic) bond motifs is 1. The summed E-state index contributed by atoms with van der Waals surface area (Å²) in [4.78, 5) is 16.9. The average Bonchev–Trinajstić information content (AvgIpc) is 3.12. The molecule has 146 valence electrons. The van der Waals surface area contributed by atoms with Crippen molar-refractivity contribution >= 4 is 17.1 Å². The SMILES string of the molecule is Cc1c(F)cc(-c2noc([C@H]3C[C@H]3F)n2)cc1NC(=O)c1cnn2ccccc12. The van der Waals surface area contributed by atoms with E-state index >= 15 is 0 Å². The summed E-state index contributed by atoms with van der Waals surface area (Å²) in [6, 6.07) is 8.19. The molecular weight excluding hydrogens is 380 g/mol. The highest BCUT2D eigenvalue weighted by molar-refractivity contribution is 6.09. The Labute approximate surface area is 163 Å². The number of nitrogens with zero attached hydrogens (tertiary/aromatic N) is 4. The second-order valence-electron chi connectivity index (χ2n) is 6.99. The molecule has 3 heterocycles. The average molecular weight is 395 g/mol. The fourth-order valence-electron chi connectivity index (χ4n) is 3.16. The van der Waals surface area contributed by atoms with Crippen LogP contribution in [-0.4, -0.2) is 31.8 Å². The van der Waals surface area contributed by atoms with Crippen LogP contribution in [0.15, 0.2) is 47.2 Å². The highest BCUT2D eigenvalue weighted by atomic mass is 19.1. The Morgan fingerprint density at radius 2 is 2.17 bits per heavy atom. The van der Waals surface area contributed by atoms with Gasteiger partial charge in [0.15, 0.2) is 0 Å². The quantitative estimate of drug-likeness (QED) is 0.566. The van der Waals surface area contributed by atoms with Crippen molar-refractivity contribution in [2.75, 3.05) is 5.32 Å². The molecule has 1 aliphatic carbocycles. The van der Waals surface area contributed by atoms with Gasteiger partial charge >= 0.3 is 0 Å². The molecule has 1 aliphatic rings. The lowest BCUT2D eigenvalue weighted by atomic mass is 10.1. The standard InChI is InChI=1S/C20H15F2N5O2/c1-10-14(21)6-11(18-25-20(29-26-18)12-8-15(12)22)7-16(10)24-19(28)13-9-23-27-5-3-2-4-17(13)27/h2-7,9,12,15H,8H2,1H3,(H,24,28)/t12-,15+/m0/s1. The van der Waals surface area contributed by atoms with E-state index in [0.29, 0.717) is 23.1 Å². The van der Waals surface area contributed by atoms with Crippen LogP contribution in [0, 0.1) is 12.7 Å². The van der Waals surface area contributed by atoms with Gasteiger partial charge in [-0.3, -0.25) is 4.79 Å². The molecule has 4 aromatic rings. The lowest BCUT2D eigenvalue weighted by molar-refractivity contribution is 0.102. The van der Waals surface area contributed by atoms with Crippen molar-refractivity contribution in [2.24, 2.45) is 0 Å². The minimum atomic E-state index is -0.973. The van der Waals surface area contributed by atoms with Gasteiger partial charge in [0, 0.05) is 23.0 Å². The molecule has 1 N–H and O–H groups in total. The van der Waals surface area contributed by atoms with Gasteiger partial charge < -0.3 is 9.84 Å². The number of halogens is 2. The van der Waals surface area contributed by atoms with Crippen molar-refractivity contribution in [3.8, 4) is 11.4 Å². The molecule has 1 amide bonds. The van der Waals surface area contributed by atoms with Crippen molar-refractivity contribution in [3.05, 3.63) is 65.6 Å². The highest BCUT2D eigenvalue weighted by Gasteiger charge is 2.43. The third-order valence-electron chi connectivity index (χ3n) is 4.99. The van der Waals surface area contributed by atoms with E-state index in [1.54, 1.807) is 41.9 Å². The Balaban J connectivity index is 1.47. The minimum Gasteiger partial charge on any atom is -0.339 e. The number of alkyl halides is 1. The van der Waals surface area contributed by atoms with Crippen LogP contribution in [0.5, 0.6) is 0 Å². The molecule has 9 heteroatoms. The van der Waals surface area contributed by atoms with Gasteiger partial charge in [-0.25, -0.2) is 13.3 Å². The van der Waals surface area contributed by atoms with Crippen LogP contribution in [0.4, 0.5) is 14.5 Å². The molecule has 1 aromatic carbocycles. The fraction of sp³-hybridized carbons (Fsp3) is 0.200. The van der Waals surface area contributed by atoms with E-state index in [0.717, 1.165) is 0 Å². The Morgan fingerprint density at radius 1 is 1.34 bits per heavy atom. The third-order valence-corrected chi connectivity index (χ3v) is 4.99. The zero-order valence-electron chi connectivity index (χ0n) is 15.3. The number of amides is 1. The third kappa shape index (κ3) is 3.04. The summed E-state index contributed by atoms with van der Waals surface area (Å²) < 4.78 is 34.4. The second-order valence-corrected chi connectivity index (χ2v) is 6.99. The fourth-order valence-corrected chi connectivity index (χ4v) is 3.16. The number of carbonyl (C=O) groups is 1. The Hall–Kier alpha value is -3.62. The zero-order chi connectivity index (χ0) is 20.1. The number of anilines is 1. The lowest BCUT2D eigenvalue weighted by Gasteiger charge is -2.10. The smallest absolute Gasteiger partial charge is 0.259 e.